The molecule has 1 heterocycles. The van der Waals surface area contributed by atoms with E-state index in [1.165, 1.54) is 11.1 Å². The summed E-state index contributed by atoms with van der Waals surface area (Å²) in [7, 11) is 1.65. The second-order valence-electron chi connectivity index (χ2n) is 5.85. The van der Waals surface area contributed by atoms with Gasteiger partial charge in [0.1, 0.15) is 23.2 Å². The molecule has 0 unspecified atom stereocenters. The number of aromatic nitrogens is 2. The van der Waals surface area contributed by atoms with Gasteiger partial charge in [-0.3, -0.25) is 0 Å². The molecule has 2 N–H and O–H groups in total. The highest BCUT2D eigenvalue weighted by Crippen LogP contribution is 2.27. The Morgan fingerprint density at radius 1 is 0.920 bits per heavy atom. The molecule has 3 aromatic rings. The van der Waals surface area contributed by atoms with Crippen molar-refractivity contribution in [2.24, 2.45) is 0 Å². The monoisotopic (exact) mass is 334 g/mol. The van der Waals surface area contributed by atoms with E-state index in [2.05, 4.69) is 51.8 Å². The molecule has 5 nitrogen and oxygen atoms in total. The van der Waals surface area contributed by atoms with Crippen LogP contribution in [0, 0.1) is 13.8 Å². The lowest BCUT2D eigenvalue weighted by Gasteiger charge is -2.12. The Kier molecular flexibility index (Phi) is 5.14. The number of ether oxygens (including phenoxy) is 1. The van der Waals surface area contributed by atoms with Gasteiger partial charge < -0.3 is 15.4 Å². The van der Waals surface area contributed by atoms with Crippen molar-refractivity contribution in [3.8, 4) is 5.75 Å². The quantitative estimate of drug-likeness (QED) is 0.697. The van der Waals surface area contributed by atoms with Crippen molar-refractivity contribution in [2.45, 2.75) is 20.4 Å². The molecule has 0 bridgehead atoms. The maximum absolute atomic E-state index is 5.37. The van der Waals surface area contributed by atoms with Crippen molar-refractivity contribution in [3.63, 3.8) is 0 Å². The molecule has 0 radical (unpaired) electrons. The summed E-state index contributed by atoms with van der Waals surface area (Å²) in [6, 6.07) is 18.1. The number of methoxy groups -OCH3 is 1. The van der Waals surface area contributed by atoms with Gasteiger partial charge in [-0.2, -0.15) is 0 Å². The molecule has 0 aliphatic rings. The second-order valence-corrected chi connectivity index (χ2v) is 5.85. The number of nitrogens with zero attached hydrogens (tertiary/aromatic N) is 2. The predicted octanol–water partition coefficient (Wildman–Crippen LogP) is 4.46. The van der Waals surface area contributed by atoms with Crippen LogP contribution in [0.5, 0.6) is 5.75 Å². The van der Waals surface area contributed by atoms with Crippen LogP contribution in [-0.4, -0.2) is 17.1 Å². The number of nitrogens with one attached hydrogen (secondary N) is 2. The van der Waals surface area contributed by atoms with E-state index in [0.29, 0.717) is 12.4 Å². The average Bonchev–Trinajstić information content (AvgIpc) is 2.61. The van der Waals surface area contributed by atoms with Crippen molar-refractivity contribution in [1.29, 1.82) is 0 Å². The molecule has 0 aliphatic carbocycles. The number of hydrogen-bond acceptors (Lipinski definition) is 5. The second kappa shape index (κ2) is 7.66. The third-order valence-corrected chi connectivity index (χ3v) is 3.80. The van der Waals surface area contributed by atoms with Gasteiger partial charge in [-0.15, -0.1) is 0 Å². The molecule has 128 valence electrons. The van der Waals surface area contributed by atoms with Crippen molar-refractivity contribution < 1.29 is 4.74 Å². The fourth-order valence-electron chi connectivity index (χ4n) is 2.51. The van der Waals surface area contributed by atoms with Gasteiger partial charge >= 0.3 is 0 Å². The van der Waals surface area contributed by atoms with Crippen molar-refractivity contribution in [3.05, 3.63) is 71.5 Å². The molecule has 0 amide bonds. The van der Waals surface area contributed by atoms with Crippen LogP contribution in [0.4, 0.5) is 17.3 Å². The zero-order valence-corrected chi connectivity index (χ0v) is 14.7. The Bertz CT molecular complexity index is 847. The summed E-state index contributed by atoms with van der Waals surface area (Å²) in [6.45, 7) is 4.68. The zero-order chi connectivity index (χ0) is 17.6. The molecule has 5 heteroatoms. The molecule has 25 heavy (non-hydrogen) atoms. The standard InChI is InChI=1S/C20H22N4O/c1-14-8-10-16(11-9-14)13-21-19-12-20(23-15(2)22-19)24-17-6-4-5-7-18(17)25-3/h4-12H,13H2,1-3H3,(H2,21,22,23,24). The fourth-order valence-corrected chi connectivity index (χ4v) is 2.51. The molecule has 0 saturated carbocycles. The molecule has 0 spiro atoms. The number of para-hydroxylation sites is 2. The van der Waals surface area contributed by atoms with Crippen LogP contribution in [0.25, 0.3) is 0 Å². The Labute approximate surface area is 148 Å². The van der Waals surface area contributed by atoms with Crippen LogP contribution >= 0.6 is 0 Å². The lowest BCUT2D eigenvalue weighted by Crippen LogP contribution is -2.05. The number of anilines is 3. The van der Waals surface area contributed by atoms with Gasteiger partial charge in [0.25, 0.3) is 0 Å². The summed E-state index contributed by atoms with van der Waals surface area (Å²) in [5.74, 6) is 2.98. The fraction of sp³-hybridized carbons (Fsp3) is 0.200. The third kappa shape index (κ3) is 4.47. The topological polar surface area (TPSA) is 59.1 Å². The van der Waals surface area contributed by atoms with E-state index in [1.807, 2.05) is 37.3 Å². The normalized spacial score (nSPS) is 10.4. The average molecular weight is 334 g/mol. The highest BCUT2D eigenvalue weighted by molar-refractivity contribution is 5.65. The van der Waals surface area contributed by atoms with Gasteiger partial charge in [0, 0.05) is 12.6 Å². The smallest absolute Gasteiger partial charge is 0.142 e. The largest absolute Gasteiger partial charge is 0.495 e. The number of rotatable bonds is 6. The van der Waals surface area contributed by atoms with E-state index < -0.39 is 0 Å². The zero-order valence-electron chi connectivity index (χ0n) is 14.7. The van der Waals surface area contributed by atoms with Gasteiger partial charge in [0.15, 0.2) is 0 Å². The van der Waals surface area contributed by atoms with Crippen LogP contribution in [0.2, 0.25) is 0 Å². The van der Waals surface area contributed by atoms with Crippen LogP contribution < -0.4 is 15.4 Å². The highest BCUT2D eigenvalue weighted by Gasteiger charge is 2.06. The Balaban J connectivity index is 1.75. The van der Waals surface area contributed by atoms with Gasteiger partial charge in [-0.05, 0) is 31.5 Å². The van der Waals surface area contributed by atoms with E-state index >= 15 is 0 Å². The summed E-state index contributed by atoms with van der Waals surface area (Å²) in [5, 5.41) is 6.65. The summed E-state index contributed by atoms with van der Waals surface area (Å²) >= 11 is 0. The van der Waals surface area contributed by atoms with Gasteiger partial charge in [0.05, 0.1) is 12.8 Å². The van der Waals surface area contributed by atoms with Crippen molar-refractivity contribution in [1.82, 2.24) is 9.97 Å². The molecule has 3 rings (SSSR count). The maximum Gasteiger partial charge on any atom is 0.142 e. The lowest BCUT2D eigenvalue weighted by molar-refractivity contribution is 0.417. The van der Waals surface area contributed by atoms with Gasteiger partial charge in [0.2, 0.25) is 0 Å². The van der Waals surface area contributed by atoms with Gasteiger partial charge in [-0.25, -0.2) is 9.97 Å². The van der Waals surface area contributed by atoms with E-state index in [-0.39, 0.29) is 0 Å². The van der Waals surface area contributed by atoms with E-state index in [0.717, 1.165) is 23.1 Å². The molecule has 1 aromatic heterocycles. The van der Waals surface area contributed by atoms with Gasteiger partial charge in [-0.1, -0.05) is 42.0 Å². The summed E-state index contributed by atoms with van der Waals surface area (Å²) in [5.41, 5.74) is 3.33. The minimum atomic E-state index is 0.700. The predicted molar refractivity (Wildman–Crippen MR) is 102 cm³/mol. The molecular formula is C20H22N4O. The van der Waals surface area contributed by atoms with Crippen molar-refractivity contribution >= 4 is 17.3 Å². The third-order valence-electron chi connectivity index (χ3n) is 3.80. The molecule has 0 aliphatic heterocycles. The summed E-state index contributed by atoms with van der Waals surface area (Å²) in [6.07, 6.45) is 0. The Morgan fingerprint density at radius 3 is 2.40 bits per heavy atom. The number of hydrogen-bond donors (Lipinski definition) is 2. The first-order chi connectivity index (χ1) is 12.1. The lowest BCUT2D eigenvalue weighted by atomic mass is 10.1. The maximum atomic E-state index is 5.37. The molecule has 0 atom stereocenters. The summed E-state index contributed by atoms with van der Waals surface area (Å²) < 4.78 is 5.37. The SMILES string of the molecule is COc1ccccc1Nc1cc(NCc2ccc(C)cc2)nc(C)n1. The molecule has 0 fully saturated rings. The summed E-state index contributed by atoms with van der Waals surface area (Å²) in [4.78, 5) is 8.91. The van der Waals surface area contributed by atoms with Crippen molar-refractivity contribution in [2.75, 3.05) is 17.7 Å². The minimum absolute atomic E-state index is 0.700. The first-order valence-corrected chi connectivity index (χ1v) is 8.19. The highest BCUT2D eigenvalue weighted by atomic mass is 16.5. The van der Waals surface area contributed by atoms with E-state index in [1.54, 1.807) is 7.11 Å². The number of benzene rings is 2. The molecular weight excluding hydrogens is 312 g/mol. The first kappa shape index (κ1) is 16.8. The van der Waals surface area contributed by atoms with E-state index in [9.17, 15) is 0 Å². The molecule has 0 saturated heterocycles. The molecule has 2 aromatic carbocycles. The van der Waals surface area contributed by atoms with E-state index in [4.69, 9.17) is 4.74 Å². The van der Waals surface area contributed by atoms with Crippen LogP contribution in [-0.2, 0) is 6.54 Å². The van der Waals surface area contributed by atoms with Crippen LogP contribution in [0.1, 0.15) is 17.0 Å². The Hall–Kier alpha value is -3.08. The Morgan fingerprint density at radius 2 is 1.64 bits per heavy atom. The minimum Gasteiger partial charge on any atom is -0.495 e. The first-order valence-electron chi connectivity index (χ1n) is 8.19. The van der Waals surface area contributed by atoms with Crippen LogP contribution in [0.3, 0.4) is 0 Å². The number of aryl methyl sites for hydroxylation is 2. The van der Waals surface area contributed by atoms with Crippen LogP contribution in [0.15, 0.2) is 54.6 Å².